The van der Waals surface area contributed by atoms with E-state index in [0.29, 0.717) is 13.0 Å². The van der Waals surface area contributed by atoms with E-state index in [9.17, 15) is 9.59 Å². The van der Waals surface area contributed by atoms with Crippen LogP contribution in [0.1, 0.15) is 35.6 Å². The largest absolute Gasteiger partial charge is 0.345 e. The highest BCUT2D eigenvalue weighted by Gasteiger charge is 2.33. The number of hydrogen-bond acceptors (Lipinski definition) is 2. The first-order chi connectivity index (χ1) is 9.43. The number of amides is 2. The molecule has 108 valence electrons. The van der Waals surface area contributed by atoms with E-state index in [1.165, 1.54) is 16.7 Å². The minimum atomic E-state index is -0.351. The highest BCUT2D eigenvalue weighted by Crippen LogP contribution is 2.21. The number of benzene rings is 1. The second kappa shape index (κ2) is 5.65. The summed E-state index contributed by atoms with van der Waals surface area (Å²) in [6.45, 7) is 8.75. The fourth-order valence-electron chi connectivity index (χ4n) is 2.93. The van der Waals surface area contributed by atoms with Crippen LogP contribution in [0.4, 0.5) is 0 Å². The summed E-state index contributed by atoms with van der Waals surface area (Å²) in [6.07, 6.45) is 0.640. The summed E-state index contributed by atoms with van der Waals surface area (Å²) in [5, 5.41) is 2.66. The second-order valence-electron chi connectivity index (χ2n) is 5.54. The molecule has 1 aliphatic rings. The molecule has 0 aliphatic carbocycles. The van der Waals surface area contributed by atoms with Crippen LogP contribution in [0.5, 0.6) is 0 Å². The van der Waals surface area contributed by atoms with Gasteiger partial charge in [0, 0.05) is 6.54 Å². The van der Waals surface area contributed by atoms with Gasteiger partial charge in [-0.3, -0.25) is 9.59 Å². The molecule has 2 rings (SSSR count). The van der Waals surface area contributed by atoms with Crippen molar-refractivity contribution >= 4 is 11.8 Å². The van der Waals surface area contributed by atoms with Gasteiger partial charge in [0.25, 0.3) is 0 Å². The Labute approximate surface area is 120 Å². The SMILES string of the molecule is CCC1C(=O)NCC(=O)N1Cc1c(C)cc(C)cc1C. The van der Waals surface area contributed by atoms with Crippen molar-refractivity contribution in [2.24, 2.45) is 0 Å². The molecule has 1 N–H and O–H groups in total. The van der Waals surface area contributed by atoms with Crippen molar-refractivity contribution in [3.05, 3.63) is 34.4 Å². The molecule has 1 aromatic rings. The van der Waals surface area contributed by atoms with Crippen LogP contribution >= 0.6 is 0 Å². The van der Waals surface area contributed by atoms with Gasteiger partial charge in [-0.15, -0.1) is 0 Å². The van der Waals surface area contributed by atoms with Crippen LogP contribution in [0.3, 0.4) is 0 Å². The van der Waals surface area contributed by atoms with Gasteiger partial charge in [0.15, 0.2) is 0 Å². The summed E-state index contributed by atoms with van der Waals surface area (Å²) < 4.78 is 0. The number of hydrogen-bond donors (Lipinski definition) is 1. The Kier molecular flexibility index (Phi) is 4.12. The molecule has 1 fully saturated rings. The second-order valence-corrected chi connectivity index (χ2v) is 5.54. The quantitative estimate of drug-likeness (QED) is 0.914. The normalized spacial score (nSPS) is 19.2. The lowest BCUT2D eigenvalue weighted by molar-refractivity contribution is -0.146. The van der Waals surface area contributed by atoms with Crippen LogP contribution < -0.4 is 5.32 Å². The molecule has 1 unspecified atom stereocenters. The van der Waals surface area contributed by atoms with Crippen molar-refractivity contribution in [1.29, 1.82) is 0 Å². The molecule has 1 atom stereocenters. The Morgan fingerprint density at radius 3 is 2.35 bits per heavy atom. The maximum absolute atomic E-state index is 12.1. The Bertz CT molecular complexity index is 528. The predicted octanol–water partition coefficient (Wildman–Crippen LogP) is 1.85. The molecule has 2 amide bonds. The molecule has 4 heteroatoms. The predicted molar refractivity (Wildman–Crippen MR) is 78.3 cm³/mol. The molecule has 4 nitrogen and oxygen atoms in total. The molecule has 0 spiro atoms. The van der Waals surface area contributed by atoms with Crippen molar-refractivity contribution in [2.45, 2.75) is 46.7 Å². The molecular formula is C16H22N2O2. The zero-order valence-corrected chi connectivity index (χ0v) is 12.6. The highest BCUT2D eigenvalue weighted by atomic mass is 16.2. The molecular weight excluding hydrogens is 252 g/mol. The van der Waals surface area contributed by atoms with E-state index in [1.54, 1.807) is 4.90 Å². The van der Waals surface area contributed by atoms with Gasteiger partial charge < -0.3 is 10.2 Å². The van der Waals surface area contributed by atoms with E-state index in [-0.39, 0.29) is 24.4 Å². The Balaban J connectivity index is 2.32. The van der Waals surface area contributed by atoms with Gasteiger partial charge in [-0.05, 0) is 43.9 Å². The lowest BCUT2D eigenvalue weighted by Gasteiger charge is -2.35. The average molecular weight is 274 g/mol. The molecule has 1 heterocycles. The minimum absolute atomic E-state index is 0.00387. The summed E-state index contributed by atoms with van der Waals surface area (Å²) in [7, 11) is 0. The standard InChI is InChI=1S/C16H22N2O2/c1-5-14-16(20)17-8-15(19)18(14)9-13-11(3)6-10(2)7-12(13)4/h6-7,14H,5,8-9H2,1-4H3,(H,17,20). The van der Waals surface area contributed by atoms with Gasteiger partial charge in [-0.25, -0.2) is 0 Å². The van der Waals surface area contributed by atoms with Crippen LogP contribution in [0, 0.1) is 20.8 Å². The minimum Gasteiger partial charge on any atom is -0.345 e. The number of piperazine rings is 1. The maximum atomic E-state index is 12.1. The lowest BCUT2D eigenvalue weighted by Crippen LogP contribution is -2.57. The van der Waals surface area contributed by atoms with Crippen LogP contribution in [0.2, 0.25) is 0 Å². The summed E-state index contributed by atoms with van der Waals surface area (Å²) >= 11 is 0. The third kappa shape index (κ3) is 2.69. The average Bonchev–Trinajstić information content (AvgIpc) is 2.37. The number of carbonyl (C=O) groups is 2. The van der Waals surface area contributed by atoms with Crippen molar-refractivity contribution in [1.82, 2.24) is 10.2 Å². The zero-order chi connectivity index (χ0) is 14.9. The molecule has 0 saturated carbocycles. The molecule has 1 saturated heterocycles. The number of nitrogens with one attached hydrogen (secondary N) is 1. The van der Waals surface area contributed by atoms with Gasteiger partial charge in [0.05, 0.1) is 6.54 Å². The molecule has 0 aromatic heterocycles. The van der Waals surface area contributed by atoms with Crippen molar-refractivity contribution in [2.75, 3.05) is 6.54 Å². The van der Waals surface area contributed by atoms with E-state index < -0.39 is 0 Å². The smallest absolute Gasteiger partial charge is 0.243 e. The third-order valence-corrected chi connectivity index (χ3v) is 3.97. The first kappa shape index (κ1) is 14.6. The number of aryl methyl sites for hydroxylation is 3. The fourth-order valence-corrected chi connectivity index (χ4v) is 2.93. The van der Waals surface area contributed by atoms with Crippen molar-refractivity contribution in [3.8, 4) is 0 Å². The van der Waals surface area contributed by atoms with E-state index in [2.05, 4.69) is 38.2 Å². The molecule has 0 bridgehead atoms. The van der Waals surface area contributed by atoms with Gasteiger partial charge in [0.2, 0.25) is 11.8 Å². The van der Waals surface area contributed by atoms with Crippen LogP contribution in [0.25, 0.3) is 0 Å². The monoisotopic (exact) mass is 274 g/mol. The van der Waals surface area contributed by atoms with Gasteiger partial charge in [0.1, 0.15) is 6.04 Å². The number of nitrogens with zero attached hydrogens (tertiary/aromatic N) is 1. The fraction of sp³-hybridized carbons (Fsp3) is 0.500. The summed E-state index contributed by atoms with van der Waals surface area (Å²) in [4.78, 5) is 25.7. The number of rotatable bonds is 3. The molecule has 1 aliphatic heterocycles. The van der Waals surface area contributed by atoms with E-state index >= 15 is 0 Å². The van der Waals surface area contributed by atoms with Gasteiger partial charge in [-0.1, -0.05) is 24.6 Å². The zero-order valence-electron chi connectivity index (χ0n) is 12.6. The third-order valence-electron chi connectivity index (χ3n) is 3.97. The van der Waals surface area contributed by atoms with E-state index in [1.807, 2.05) is 6.92 Å². The van der Waals surface area contributed by atoms with Gasteiger partial charge >= 0.3 is 0 Å². The molecule has 20 heavy (non-hydrogen) atoms. The summed E-state index contributed by atoms with van der Waals surface area (Å²) in [5.41, 5.74) is 4.72. The van der Waals surface area contributed by atoms with Crippen LogP contribution in [-0.2, 0) is 16.1 Å². The Morgan fingerprint density at radius 2 is 1.80 bits per heavy atom. The van der Waals surface area contributed by atoms with E-state index in [0.717, 1.165) is 5.56 Å². The first-order valence-corrected chi connectivity index (χ1v) is 7.08. The Morgan fingerprint density at radius 1 is 1.20 bits per heavy atom. The van der Waals surface area contributed by atoms with Crippen molar-refractivity contribution in [3.63, 3.8) is 0 Å². The molecule has 1 aromatic carbocycles. The summed E-state index contributed by atoms with van der Waals surface area (Å²) in [5.74, 6) is -0.0506. The summed E-state index contributed by atoms with van der Waals surface area (Å²) in [6, 6.07) is 3.89. The number of carbonyl (C=O) groups excluding carboxylic acids is 2. The van der Waals surface area contributed by atoms with Crippen LogP contribution in [0.15, 0.2) is 12.1 Å². The molecule has 0 radical (unpaired) electrons. The van der Waals surface area contributed by atoms with Gasteiger partial charge in [-0.2, -0.15) is 0 Å². The van der Waals surface area contributed by atoms with E-state index in [4.69, 9.17) is 0 Å². The highest BCUT2D eigenvalue weighted by molar-refractivity contribution is 5.94. The topological polar surface area (TPSA) is 49.4 Å². The Hall–Kier alpha value is -1.84. The lowest BCUT2D eigenvalue weighted by atomic mass is 9.98. The maximum Gasteiger partial charge on any atom is 0.243 e. The van der Waals surface area contributed by atoms with Crippen LogP contribution in [-0.4, -0.2) is 29.3 Å². The first-order valence-electron chi connectivity index (χ1n) is 7.08. The van der Waals surface area contributed by atoms with Crippen molar-refractivity contribution < 1.29 is 9.59 Å².